The second-order valence-electron chi connectivity index (χ2n) is 2.50. The molecule has 3 heteroatoms. The van der Waals surface area contributed by atoms with Gasteiger partial charge in [-0.1, -0.05) is 6.07 Å². The first kappa shape index (κ1) is 9.00. The number of hydrogen-bond donors (Lipinski definition) is 2. The molecule has 12 heavy (non-hydrogen) atoms. The number of hydrogen-bond acceptors (Lipinski definition) is 2. The van der Waals surface area contributed by atoms with Gasteiger partial charge in [-0.25, -0.2) is 4.39 Å². The van der Waals surface area contributed by atoms with Gasteiger partial charge >= 0.3 is 0 Å². The number of aliphatic hydroxyl groups excluding tert-OH is 1. The Bertz CT molecular complexity index is 263. The minimum Gasteiger partial charge on any atom is -0.392 e. The summed E-state index contributed by atoms with van der Waals surface area (Å²) in [5.41, 5.74) is 1.07. The van der Waals surface area contributed by atoms with Crippen LogP contribution in [0.1, 0.15) is 12.5 Å². The van der Waals surface area contributed by atoms with E-state index in [2.05, 4.69) is 5.32 Å². The lowest BCUT2D eigenvalue weighted by molar-refractivity contribution is 0.281. The molecule has 0 unspecified atom stereocenters. The molecule has 0 aliphatic carbocycles. The standard InChI is InChI=1S/C9H12FNO/c1-2-11-9-4-3-7(6-12)5-8(9)10/h3-5,11-12H,2,6H2,1H3. The predicted molar refractivity (Wildman–Crippen MR) is 46.5 cm³/mol. The molecular formula is C9H12FNO. The number of aliphatic hydroxyl groups is 1. The van der Waals surface area contributed by atoms with Crippen molar-refractivity contribution in [3.05, 3.63) is 29.6 Å². The zero-order valence-corrected chi connectivity index (χ0v) is 6.97. The van der Waals surface area contributed by atoms with Crippen molar-refractivity contribution in [3.8, 4) is 0 Å². The fourth-order valence-electron chi connectivity index (χ4n) is 0.991. The summed E-state index contributed by atoms with van der Waals surface area (Å²) >= 11 is 0. The first-order valence-corrected chi connectivity index (χ1v) is 3.91. The van der Waals surface area contributed by atoms with Crippen LogP contribution in [0.3, 0.4) is 0 Å². The number of anilines is 1. The molecule has 0 fully saturated rings. The van der Waals surface area contributed by atoms with Gasteiger partial charge in [-0.2, -0.15) is 0 Å². The van der Waals surface area contributed by atoms with Crippen LogP contribution in [0.5, 0.6) is 0 Å². The van der Waals surface area contributed by atoms with Crippen LogP contribution < -0.4 is 5.32 Å². The quantitative estimate of drug-likeness (QED) is 0.722. The number of benzene rings is 1. The summed E-state index contributed by atoms with van der Waals surface area (Å²) in [6, 6.07) is 4.66. The predicted octanol–water partition coefficient (Wildman–Crippen LogP) is 1.75. The Hall–Kier alpha value is -1.09. The molecule has 1 aromatic carbocycles. The third kappa shape index (κ3) is 1.95. The second kappa shape index (κ2) is 4.07. The molecule has 1 rings (SSSR count). The molecule has 0 heterocycles. The smallest absolute Gasteiger partial charge is 0.146 e. The van der Waals surface area contributed by atoms with E-state index in [1.807, 2.05) is 6.92 Å². The van der Waals surface area contributed by atoms with E-state index in [0.29, 0.717) is 17.8 Å². The van der Waals surface area contributed by atoms with Crippen molar-refractivity contribution in [3.63, 3.8) is 0 Å². The molecule has 0 atom stereocenters. The normalized spacial score (nSPS) is 9.92. The van der Waals surface area contributed by atoms with Gasteiger partial charge in [-0.3, -0.25) is 0 Å². The van der Waals surface area contributed by atoms with Crippen LogP contribution in [0.15, 0.2) is 18.2 Å². The molecule has 0 radical (unpaired) electrons. The highest BCUT2D eigenvalue weighted by atomic mass is 19.1. The van der Waals surface area contributed by atoms with Gasteiger partial charge in [0.05, 0.1) is 12.3 Å². The first-order valence-electron chi connectivity index (χ1n) is 3.91. The highest BCUT2D eigenvalue weighted by molar-refractivity contribution is 5.46. The SMILES string of the molecule is CCNc1ccc(CO)cc1F. The maximum atomic E-state index is 13.1. The van der Waals surface area contributed by atoms with Gasteiger partial charge in [0.15, 0.2) is 0 Å². The van der Waals surface area contributed by atoms with Gasteiger partial charge < -0.3 is 10.4 Å². The maximum absolute atomic E-state index is 13.1. The van der Waals surface area contributed by atoms with Crippen LogP contribution in [0.4, 0.5) is 10.1 Å². The molecule has 0 aliphatic heterocycles. The highest BCUT2D eigenvalue weighted by Gasteiger charge is 2.00. The second-order valence-corrected chi connectivity index (χ2v) is 2.50. The van der Waals surface area contributed by atoms with Crippen LogP contribution in [0.2, 0.25) is 0 Å². The molecule has 2 N–H and O–H groups in total. The summed E-state index contributed by atoms with van der Waals surface area (Å²) in [6.07, 6.45) is 0. The summed E-state index contributed by atoms with van der Waals surface area (Å²) in [5, 5.41) is 11.6. The lowest BCUT2D eigenvalue weighted by Crippen LogP contribution is -1.99. The first-order chi connectivity index (χ1) is 5.77. The summed E-state index contributed by atoms with van der Waals surface area (Å²) in [7, 11) is 0. The number of halogens is 1. The summed E-state index contributed by atoms with van der Waals surface area (Å²) < 4.78 is 13.1. The van der Waals surface area contributed by atoms with E-state index in [4.69, 9.17) is 5.11 Å². The third-order valence-electron chi connectivity index (χ3n) is 1.58. The molecule has 1 aromatic rings. The molecule has 0 saturated heterocycles. The minimum atomic E-state index is -0.316. The largest absolute Gasteiger partial charge is 0.392 e. The van der Waals surface area contributed by atoms with E-state index in [1.54, 1.807) is 12.1 Å². The van der Waals surface area contributed by atoms with E-state index < -0.39 is 0 Å². The topological polar surface area (TPSA) is 32.3 Å². The zero-order chi connectivity index (χ0) is 8.97. The van der Waals surface area contributed by atoms with Crippen molar-refractivity contribution in [2.24, 2.45) is 0 Å². The Morgan fingerprint density at radius 1 is 1.50 bits per heavy atom. The lowest BCUT2D eigenvalue weighted by Gasteiger charge is -2.05. The summed E-state index contributed by atoms with van der Waals surface area (Å²) in [5.74, 6) is -0.316. The summed E-state index contributed by atoms with van der Waals surface area (Å²) in [6.45, 7) is 2.47. The van der Waals surface area contributed by atoms with E-state index in [9.17, 15) is 4.39 Å². The Kier molecular flexibility index (Phi) is 3.05. The van der Waals surface area contributed by atoms with Gasteiger partial charge in [0, 0.05) is 6.54 Å². The molecule has 66 valence electrons. The fraction of sp³-hybridized carbons (Fsp3) is 0.333. The fourth-order valence-corrected chi connectivity index (χ4v) is 0.991. The molecule has 0 aliphatic rings. The van der Waals surface area contributed by atoms with Gasteiger partial charge in [0.2, 0.25) is 0 Å². The van der Waals surface area contributed by atoms with Crippen LogP contribution in [-0.4, -0.2) is 11.7 Å². The molecule has 0 bridgehead atoms. The Morgan fingerprint density at radius 3 is 2.75 bits per heavy atom. The Morgan fingerprint density at radius 2 is 2.25 bits per heavy atom. The van der Waals surface area contributed by atoms with E-state index in [-0.39, 0.29) is 12.4 Å². The third-order valence-corrected chi connectivity index (χ3v) is 1.58. The lowest BCUT2D eigenvalue weighted by atomic mass is 10.2. The Balaban J connectivity index is 2.87. The van der Waals surface area contributed by atoms with Crippen molar-refractivity contribution >= 4 is 5.69 Å². The van der Waals surface area contributed by atoms with Crippen molar-refractivity contribution in [1.82, 2.24) is 0 Å². The van der Waals surface area contributed by atoms with Gasteiger partial charge in [-0.05, 0) is 24.6 Å². The molecule has 0 amide bonds. The average molecular weight is 169 g/mol. The monoisotopic (exact) mass is 169 g/mol. The van der Waals surface area contributed by atoms with E-state index in [1.165, 1.54) is 6.07 Å². The van der Waals surface area contributed by atoms with Crippen molar-refractivity contribution in [1.29, 1.82) is 0 Å². The highest BCUT2D eigenvalue weighted by Crippen LogP contribution is 2.15. The minimum absolute atomic E-state index is 0.122. The van der Waals surface area contributed by atoms with Crippen molar-refractivity contribution in [2.45, 2.75) is 13.5 Å². The van der Waals surface area contributed by atoms with Gasteiger partial charge in [0.25, 0.3) is 0 Å². The van der Waals surface area contributed by atoms with Gasteiger partial charge in [-0.15, -0.1) is 0 Å². The van der Waals surface area contributed by atoms with Gasteiger partial charge in [0.1, 0.15) is 5.82 Å². The molecule has 2 nitrogen and oxygen atoms in total. The average Bonchev–Trinajstić information content (AvgIpc) is 2.09. The summed E-state index contributed by atoms with van der Waals surface area (Å²) in [4.78, 5) is 0. The van der Waals surface area contributed by atoms with E-state index >= 15 is 0 Å². The molecule has 0 spiro atoms. The molecular weight excluding hydrogens is 157 g/mol. The molecule has 0 saturated carbocycles. The molecule has 0 aromatic heterocycles. The number of rotatable bonds is 3. The van der Waals surface area contributed by atoms with Crippen LogP contribution in [-0.2, 0) is 6.61 Å². The van der Waals surface area contributed by atoms with E-state index in [0.717, 1.165) is 0 Å². The van der Waals surface area contributed by atoms with Crippen molar-refractivity contribution < 1.29 is 9.50 Å². The van der Waals surface area contributed by atoms with Crippen LogP contribution in [0, 0.1) is 5.82 Å². The zero-order valence-electron chi connectivity index (χ0n) is 6.97. The number of nitrogens with one attached hydrogen (secondary N) is 1. The van der Waals surface area contributed by atoms with Crippen molar-refractivity contribution in [2.75, 3.05) is 11.9 Å². The van der Waals surface area contributed by atoms with Crippen LogP contribution in [0.25, 0.3) is 0 Å². The maximum Gasteiger partial charge on any atom is 0.146 e. The Labute approximate surface area is 71.0 Å². The van der Waals surface area contributed by atoms with Crippen LogP contribution >= 0.6 is 0 Å².